The Labute approximate surface area is 195 Å². The first-order valence-corrected chi connectivity index (χ1v) is 10.3. The molecule has 11 heteroatoms. The molecule has 0 aliphatic rings. The number of carbonyl (C=O) groups is 3. The third-order valence-corrected chi connectivity index (χ3v) is 4.41. The fraction of sp³-hybridized carbons (Fsp3) is 0.304. The summed E-state index contributed by atoms with van der Waals surface area (Å²) in [4.78, 5) is 49.0. The number of carbonyl (C=O) groups excluding carboxylic acids is 3. The summed E-state index contributed by atoms with van der Waals surface area (Å²) >= 11 is 0. The SMILES string of the molecule is CCOC(=O)c1cc(C(=O)OCC(=O)N(CCC#N)c2ccc(OCC)cc2)cc([N+](=O)[O-])c1. The number of hydrogen-bond donors (Lipinski definition) is 0. The van der Waals surface area contributed by atoms with E-state index < -0.39 is 35.1 Å². The first kappa shape index (κ1) is 25.8. The molecule has 0 spiro atoms. The largest absolute Gasteiger partial charge is 0.494 e. The maximum absolute atomic E-state index is 12.8. The van der Waals surface area contributed by atoms with Gasteiger partial charge in [0.05, 0.1) is 41.8 Å². The van der Waals surface area contributed by atoms with Crippen molar-refractivity contribution in [3.05, 3.63) is 63.7 Å². The molecule has 0 saturated carbocycles. The zero-order chi connectivity index (χ0) is 25.1. The summed E-state index contributed by atoms with van der Waals surface area (Å²) < 4.78 is 15.3. The average molecular weight is 469 g/mol. The molecule has 0 atom stereocenters. The molecule has 2 aromatic rings. The van der Waals surface area contributed by atoms with Crippen LogP contribution in [0, 0.1) is 21.4 Å². The fourth-order valence-electron chi connectivity index (χ4n) is 2.90. The van der Waals surface area contributed by atoms with Gasteiger partial charge in [-0.1, -0.05) is 0 Å². The third-order valence-electron chi connectivity index (χ3n) is 4.41. The van der Waals surface area contributed by atoms with Gasteiger partial charge in [0.15, 0.2) is 6.61 Å². The molecular weight excluding hydrogens is 446 g/mol. The molecule has 2 rings (SSSR count). The van der Waals surface area contributed by atoms with Gasteiger partial charge in [0.1, 0.15) is 5.75 Å². The Morgan fingerprint density at radius 1 is 1.00 bits per heavy atom. The molecule has 178 valence electrons. The molecule has 34 heavy (non-hydrogen) atoms. The van der Waals surface area contributed by atoms with Gasteiger partial charge in [0, 0.05) is 24.4 Å². The van der Waals surface area contributed by atoms with Crippen molar-refractivity contribution in [2.45, 2.75) is 20.3 Å². The van der Waals surface area contributed by atoms with Gasteiger partial charge in [0.25, 0.3) is 11.6 Å². The van der Waals surface area contributed by atoms with Gasteiger partial charge in [-0.05, 0) is 44.2 Å². The summed E-state index contributed by atoms with van der Waals surface area (Å²) in [7, 11) is 0. The normalized spacial score (nSPS) is 10.0. The lowest BCUT2D eigenvalue weighted by Gasteiger charge is -2.22. The van der Waals surface area contributed by atoms with Gasteiger partial charge in [-0.25, -0.2) is 9.59 Å². The molecule has 0 heterocycles. The van der Waals surface area contributed by atoms with E-state index in [9.17, 15) is 24.5 Å². The van der Waals surface area contributed by atoms with Crippen LogP contribution in [-0.4, -0.2) is 49.1 Å². The number of hydrogen-bond acceptors (Lipinski definition) is 9. The van der Waals surface area contributed by atoms with Crippen LogP contribution in [0.3, 0.4) is 0 Å². The Morgan fingerprint density at radius 3 is 2.15 bits per heavy atom. The Bertz CT molecular complexity index is 1090. The monoisotopic (exact) mass is 469 g/mol. The molecular formula is C23H23N3O8. The summed E-state index contributed by atoms with van der Waals surface area (Å²) in [5.41, 5.74) is -0.511. The smallest absolute Gasteiger partial charge is 0.338 e. The molecule has 0 bridgehead atoms. The van der Waals surface area contributed by atoms with Crippen LogP contribution >= 0.6 is 0 Å². The number of nitrogens with zero attached hydrogens (tertiary/aromatic N) is 3. The van der Waals surface area contributed by atoms with Crippen LogP contribution in [0.25, 0.3) is 0 Å². The van der Waals surface area contributed by atoms with Gasteiger partial charge >= 0.3 is 11.9 Å². The summed E-state index contributed by atoms with van der Waals surface area (Å²) in [6, 6.07) is 11.6. The number of esters is 2. The predicted molar refractivity (Wildman–Crippen MR) is 120 cm³/mol. The molecule has 11 nitrogen and oxygen atoms in total. The lowest BCUT2D eigenvalue weighted by atomic mass is 10.1. The predicted octanol–water partition coefficient (Wildman–Crippen LogP) is 3.27. The highest BCUT2D eigenvalue weighted by atomic mass is 16.6. The van der Waals surface area contributed by atoms with Gasteiger partial charge < -0.3 is 19.1 Å². The fourth-order valence-corrected chi connectivity index (χ4v) is 2.90. The van der Waals surface area contributed by atoms with E-state index in [2.05, 4.69) is 0 Å². The molecule has 0 aromatic heterocycles. The summed E-state index contributed by atoms with van der Waals surface area (Å²) in [5.74, 6) is -1.87. The first-order chi connectivity index (χ1) is 16.3. The number of nitro groups is 1. The Kier molecular flexibility index (Phi) is 9.52. The highest BCUT2D eigenvalue weighted by Crippen LogP contribution is 2.21. The van der Waals surface area contributed by atoms with Gasteiger partial charge in [0.2, 0.25) is 0 Å². The lowest BCUT2D eigenvalue weighted by Crippen LogP contribution is -2.35. The van der Waals surface area contributed by atoms with Gasteiger partial charge in [-0.2, -0.15) is 5.26 Å². The molecule has 0 aliphatic carbocycles. The minimum Gasteiger partial charge on any atom is -0.494 e. The van der Waals surface area contributed by atoms with E-state index in [0.29, 0.717) is 18.0 Å². The zero-order valence-electron chi connectivity index (χ0n) is 18.7. The number of nitriles is 1. The van der Waals surface area contributed by atoms with Crippen LogP contribution in [-0.2, 0) is 14.3 Å². The first-order valence-electron chi connectivity index (χ1n) is 10.3. The number of benzene rings is 2. The average Bonchev–Trinajstić information content (AvgIpc) is 2.83. The quantitative estimate of drug-likeness (QED) is 0.274. The number of ether oxygens (including phenoxy) is 3. The molecule has 0 N–H and O–H groups in total. The summed E-state index contributed by atoms with van der Waals surface area (Å²) in [5, 5.41) is 20.1. The molecule has 0 radical (unpaired) electrons. The molecule has 0 saturated heterocycles. The summed E-state index contributed by atoms with van der Waals surface area (Å²) in [6.07, 6.45) is 0.0423. The maximum Gasteiger partial charge on any atom is 0.338 e. The second kappa shape index (κ2) is 12.5. The van der Waals surface area contributed by atoms with Crippen LogP contribution in [0.2, 0.25) is 0 Å². The second-order valence-corrected chi connectivity index (χ2v) is 6.70. The van der Waals surface area contributed by atoms with Crippen molar-refractivity contribution >= 4 is 29.2 Å². The Morgan fingerprint density at radius 2 is 1.62 bits per heavy atom. The minimum absolute atomic E-state index is 0.0416. The van der Waals surface area contributed by atoms with Crippen molar-refractivity contribution in [2.24, 2.45) is 0 Å². The number of nitro benzene ring substituents is 1. The van der Waals surface area contributed by atoms with Crippen molar-refractivity contribution in [1.82, 2.24) is 0 Å². The van der Waals surface area contributed by atoms with Crippen molar-refractivity contribution in [1.29, 1.82) is 5.26 Å². The molecule has 0 fully saturated rings. The summed E-state index contributed by atoms with van der Waals surface area (Å²) in [6.45, 7) is 3.29. The molecule has 0 unspecified atom stereocenters. The van der Waals surface area contributed by atoms with E-state index in [0.717, 1.165) is 18.2 Å². The Balaban J connectivity index is 2.18. The van der Waals surface area contributed by atoms with E-state index in [1.165, 1.54) is 4.90 Å². The van der Waals surface area contributed by atoms with Gasteiger partial charge in [-0.15, -0.1) is 0 Å². The zero-order valence-corrected chi connectivity index (χ0v) is 18.7. The van der Waals surface area contributed by atoms with E-state index in [1.807, 2.05) is 13.0 Å². The van der Waals surface area contributed by atoms with Crippen LogP contribution < -0.4 is 9.64 Å². The molecule has 0 aliphatic heterocycles. The second-order valence-electron chi connectivity index (χ2n) is 6.70. The maximum atomic E-state index is 12.8. The standard InChI is InChI=1S/C23H23N3O8/c1-3-32-20-8-6-18(7-9-20)25(11-5-10-24)21(27)15-34-23(29)17-12-16(22(28)33-4-2)13-19(14-17)26(30)31/h6-9,12-14H,3-5,11,15H2,1-2H3. The van der Waals surface area contributed by atoms with E-state index in [4.69, 9.17) is 19.5 Å². The van der Waals surface area contributed by atoms with Crippen molar-refractivity contribution in [3.8, 4) is 11.8 Å². The van der Waals surface area contributed by atoms with Crippen molar-refractivity contribution in [2.75, 3.05) is 31.3 Å². The van der Waals surface area contributed by atoms with E-state index in [-0.39, 0.29) is 30.7 Å². The van der Waals surface area contributed by atoms with Crippen LogP contribution in [0.1, 0.15) is 41.0 Å². The molecule has 2 aromatic carbocycles. The minimum atomic E-state index is -1.03. The van der Waals surface area contributed by atoms with Crippen LogP contribution in [0.15, 0.2) is 42.5 Å². The van der Waals surface area contributed by atoms with Crippen molar-refractivity contribution in [3.63, 3.8) is 0 Å². The molecule has 1 amide bonds. The highest BCUT2D eigenvalue weighted by molar-refractivity contribution is 5.99. The lowest BCUT2D eigenvalue weighted by molar-refractivity contribution is -0.384. The number of anilines is 1. The van der Waals surface area contributed by atoms with E-state index in [1.54, 1.807) is 31.2 Å². The third kappa shape index (κ3) is 7.03. The topological polar surface area (TPSA) is 149 Å². The number of amides is 1. The highest BCUT2D eigenvalue weighted by Gasteiger charge is 2.22. The van der Waals surface area contributed by atoms with E-state index >= 15 is 0 Å². The number of rotatable bonds is 11. The number of non-ortho nitro benzene ring substituents is 1. The van der Waals surface area contributed by atoms with Crippen molar-refractivity contribution < 1.29 is 33.5 Å². The van der Waals surface area contributed by atoms with Crippen LogP contribution in [0.4, 0.5) is 11.4 Å². The van der Waals surface area contributed by atoms with Crippen LogP contribution in [0.5, 0.6) is 5.75 Å². The van der Waals surface area contributed by atoms with Gasteiger partial charge in [-0.3, -0.25) is 14.9 Å². The Hall–Kier alpha value is -4.46.